The number of rotatable bonds is 7. The Balaban J connectivity index is 2.23. The van der Waals surface area contributed by atoms with Crippen molar-refractivity contribution in [2.45, 2.75) is 19.4 Å². The van der Waals surface area contributed by atoms with E-state index in [2.05, 4.69) is 16.6 Å². The van der Waals surface area contributed by atoms with E-state index in [9.17, 15) is 0 Å². The van der Waals surface area contributed by atoms with Gasteiger partial charge in [-0.3, -0.25) is 0 Å². The minimum Gasteiger partial charge on any atom is -0.493 e. The van der Waals surface area contributed by atoms with Gasteiger partial charge in [-0.05, 0) is 30.0 Å². The molecule has 0 aliphatic rings. The first kappa shape index (κ1) is 16.7. The highest BCUT2D eigenvalue weighted by molar-refractivity contribution is 5.53. The van der Waals surface area contributed by atoms with Crippen molar-refractivity contribution in [2.75, 3.05) is 21.3 Å². The second kappa shape index (κ2) is 8.09. The minimum absolute atomic E-state index is 0.575. The lowest BCUT2D eigenvalue weighted by Gasteiger charge is -2.14. The Morgan fingerprint density at radius 1 is 1.00 bits per heavy atom. The molecule has 0 amide bonds. The molecule has 23 heavy (non-hydrogen) atoms. The fourth-order valence-corrected chi connectivity index (χ4v) is 2.54. The molecule has 0 N–H and O–H groups in total. The molecule has 0 saturated carbocycles. The molecule has 1 aromatic carbocycles. The van der Waals surface area contributed by atoms with Crippen molar-refractivity contribution in [2.24, 2.45) is 0 Å². The summed E-state index contributed by atoms with van der Waals surface area (Å²) in [6.07, 6.45) is 9.16. The maximum Gasteiger partial charge on any atom is 0.209 e. The summed E-state index contributed by atoms with van der Waals surface area (Å²) in [5.74, 6) is 4.64. The Morgan fingerprint density at radius 3 is 2.26 bits per heavy atom. The van der Waals surface area contributed by atoms with Crippen molar-refractivity contribution in [1.29, 1.82) is 0 Å². The highest BCUT2D eigenvalue weighted by Crippen LogP contribution is 2.38. The largest absolute Gasteiger partial charge is 0.493 e. The molecule has 0 aliphatic carbocycles. The number of ether oxygens (including phenoxy) is 3. The van der Waals surface area contributed by atoms with Crippen LogP contribution in [0.2, 0.25) is 0 Å². The molecule has 2 aromatic rings. The van der Waals surface area contributed by atoms with E-state index in [1.807, 2.05) is 30.5 Å². The zero-order valence-corrected chi connectivity index (χ0v) is 13.8. The number of terminal acetylenes is 1. The minimum atomic E-state index is 0.575. The topological polar surface area (TPSA) is 31.6 Å². The Morgan fingerprint density at radius 2 is 1.70 bits per heavy atom. The molecule has 4 nitrogen and oxygen atoms in total. The van der Waals surface area contributed by atoms with Crippen molar-refractivity contribution >= 4 is 0 Å². The maximum absolute atomic E-state index is 5.43. The van der Waals surface area contributed by atoms with Crippen molar-refractivity contribution in [3.05, 3.63) is 47.8 Å². The van der Waals surface area contributed by atoms with E-state index in [0.717, 1.165) is 18.4 Å². The standard InChI is InChI=1S/C19H22NO3/c1-5-11-20-12-7-6-8-16(20)10-9-15-13-17(21-2)19(23-4)18(14-15)22-3/h1,6-8,12-14H,9-11H2,2-4H3/q+1. The lowest BCUT2D eigenvalue weighted by atomic mass is 10.1. The lowest BCUT2D eigenvalue weighted by molar-refractivity contribution is -0.692. The van der Waals surface area contributed by atoms with Crippen LogP contribution in [0.4, 0.5) is 0 Å². The molecule has 0 spiro atoms. The van der Waals surface area contributed by atoms with E-state index in [4.69, 9.17) is 20.6 Å². The second-order valence-electron chi connectivity index (χ2n) is 5.06. The third-order valence-electron chi connectivity index (χ3n) is 3.69. The van der Waals surface area contributed by atoms with Crippen LogP contribution < -0.4 is 18.8 Å². The molecular formula is C19H22NO3+. The Labute approximate surface area is 137 Å². The number of aryl methyl sites for hydroxylation is 2. The highest BCUT2D eigenvalue weighted by Gasteiger charge is 2.14. The zero-order chi connectivity index (χ0) is 16.7. The van der Waals surface area contributed by atoms with Crippen LogP contribution in [0.5, 0.6) is 17.2 Å². The van der Waals surface area contributed by atoms with Gasteiger partial charge in [0.15, 0.2) is 23.4 Å². The van der Waals surface area contributed by atoms with Gasteiger partial charge in [-0.15, -0.1) is 6.42 Å². The van der Waals surface area contributed by atoms with Gasteiger partial charge in [0.1, 0.15) is 0 Å². The lowest BCUT2D eigenvalue weighted by Crippen LogP contribution is -2.37. The summed E-state index contributed by atoms with van der Waals surface area (Å²) in [5.41, 5.74) is 2.31. The van der Waals surface area contributed by atoms with Crippen LogP contribution in [-0.4, -0.2) is 21.3 Å². The summed E-state index contributed by atoms with van der Waals surface area (Å²) in [6.45, 7) is 0.575. The highest BCUT2D eigenvalue weighted by atomic mass is 16.5. The van der Waals surface area contributed by atoms with Gasteiger partial charge in [0, 0.05) is 18.6 Å². The fourth-order valence-electron chi connectivity index (χ4n) is 2.54. The van der Waals surface area contributed by atoms with Crippen LogP contribution in [0.25, 0.3) is 0 Å². The molecule has 0 atom stereocenters. The smallest absolute Gasteiger partial charge is 0.209 e. The molecule has 0 bridgehead atoms. The van der Waals surface area contributed by atoms with Gasteiger partial charge in [-0.25, -0.2) is 0 Å². The van der Waals surface area contributed by atoms with Crippen LogP contribution in [0.1, 0.15) is 11.3 Å². The van der Waals surface area contributed by atoms with E-state index >= 15 is 0 Å². The zero-order valence-electron chi connectivity index (χ0n) is 13.8. The monoisotopic (exact) mass is 312 g/mol. The number of aromatic nitrogens is 1. The van der Waals surface area contributed by atoms with Gasteiger partial charge in [0.2, 0.25) is 12.3 Å². The van der Waals surface area contributed by atoms with E-state index < -0.39 is 0 Å². The SMILES string of the molecule is C#CC[n+]1ccccc1CCc1cc(OC)c(OC)c(OC)c1. The Hall–Kier alpha value is -2.67. The summed E-state index contributed by atoms with van der Waals surface area (Å²) >= 11 is 0. The van der Waals surface area contributed by atoms with Gasteiger partial charge in [0.25, 0.3) is 0 Å². The third-order valence-corrected chi connectivity index (χ3v) is 3.69. The van der Waals surface area contributed by atoms with E-state index in [1.54, 1.807) is 21.3 Å². The molecule has 1 heterocycles. The van der Waals surface area contributed by atoms with Gasteiger partial charge in [-0.1, -0.05) is 6.07 Å². The van der Waals surface area contributed by atoms with Crippen LogP contribution in [0.3, 0.4) is 0 Å². The number of benzene rings is 1. The van der Waals surface area contributed by atoms with Crippen molar-refractivity contribution in [3.63, 3.8) is 0 Å². The van der Waals surface area contributed by atoms with Gasteiger partial charge < -0.3 is 14.2 Å². The summed E-state index contributed by atoms with van der Waals surface area (Å²) in [5, 5.41) is 0. The molecule has 2 rings (SSSR count). The summed E-state index contributed by atoms with van der Waals surface area (Å²) < 4.78 is 18.2. The maximum atomic E-state index is 5.43. The van der Waals surface area contributed by atoms with E-state index in [1.165, 1.54) is 5.69 Å². The predicted molar refractivity (Wildman–Crippen MR) is 89.0 cm³/mol. The first-order chi connectivity index (χ1) is 11.2. The van der Waals surface area contributed by atoms with Gasteiger partial charge >= 0.3 is 0 Å². The second-order valence-corrected chi connectivity index (χ2v) is 5.06. The quantitative estimate of drug-likeness (QED) is 0.581. The molecule has 0 aliphatic heterocycles. The number of pyridine rings is 1. The molecule has 0 fully saturated rings. The normalized spacial score (nSPS) is 10.0. The van der Waals surface area contributed by atoms with Crippen LogP contribution in [0.15, 0.2) is 36.5 Å². The number of hydrogen-bond acceptors (Lipinski definition) is 3. The van der Waals surface area contributed by atoms with Gasteiger partial charge in [-0.2, -0.15) is 4.57 Å². The Bertz CT molecular complexity index is 679. The third kappa shape index (κ3) is 3.95. The van der Waals surface area contributed by atoms with Crippen molar-refractivity contribution in [1.82, 2.24) is 0 Å². The predicted octanol–water partition coefficient (Wildman–Crippen LogP) is 2.42. The summed E-state index contributed by atoms with van der Waals surface area (Å²) in [4.78, 5) is 0. The molecule has 1 aromatic heterocycles. The summed E-state index contributed by atoms with van der Waals surface area (Å²) in [7, 11) is 4.85. The average molecular weight is 312 g/mol. The number of hydrogen-bond donors (Lipinski definition) is 0. The van der Waals surface area contributed by atoms with Gasteiger partial charge in [0.05, 0.1) is 21.3 Å². The van der Waals surface area contributed by atoms with Crippen molar-refractivity contribution in [3.8, 4) is 29.6 Å². The summed E-state index contributed by atoms with van der Waals surface area (Å²) in [6, 6.07) is 10.1. The van der Waals surface area contributed by atoms with E-state index in [0.29, 0.717) is 23.8 Å². The van der Waals surface area contributed by atoms with Crippen LogP contribution >= 0.6 is 0 Å². The molecule has 0 unspecified atom stereocenters. The molecule has 4 heteroatoms. The first-order valence-corrected chi connectivity index (χ1v) is 7.43. The fraction of sp³-hybridized carbons (Fsp3) is 0.316. The number of nitrogens with zero attached hydrogens (tertiary/aromatic N) is 1. The van der Waals surface area contributed by atoms with Crippen LogP contribution in [-0.2, 0) is 19.4 Å². The average Bonchev–Trinajstić information content (AvgIpc) is 2.60. The first-order valence-electron chi connectivity index (χ1n) is 7.43. The molecule has 0 saturated heterocycles. The molecule has 120 valence electrons. The van der Waals surface area contributed by atoms with E-state index in [-0.39, 0.29) is 0 Å². The molecular weight excluding hydrogens is 290 g/mol. The Kier molecular flexibility index (Phi) is 5.87. The van der Waals surface area contributed by atoms with Crippen LogP contribution in [0, 0.1) is 12.3 Å². The molecule has 0 radical (unpaired) electrons. The number of methoxy groups -OCH3 is 3. The van der Waals surface area contributed by atoms with Crippen molar-refractivity contribution < 1.29 is 18.8 Å².